The molecule has 2 heterocycles. The lowest BCUT2D eigenvalue weighted by molar-refractivity contribution is 0.0576. The number of fused-ring (bicyclic) bond motifs is 1. The van der Waals surface area contributed by atoms with Gasteiger partial charge in [0.05, 0.1) is 5.56 Å². The molecule has 0 bridgehead atoms. The molecule has 0 radical (unpaired) electrons. The maximum absolute atomic E-state index is 12.1. The van der Waals surface area contributed by atoms with Gasteiger partial charge in [0.2, 0.25) is 0 Å². The summed E-state index contributed by atoms with van der Waals surface area (Å²) in [5.74, 6) is 0.233. The zero-order valence-corrected chi connectivity index (χ0v) is 11.8. The Labute approximate surface area is 116 Å². The Hall–Kier alpha value is -1.62. The summed E-state index contributed by atoms with van der Waals surface area (Å²) >= 11 is 5.83. The molecule has 19 heavy (non-hydrogen) atoms. The number of hydrogen-bond donors (Lipinski definition) is 0. The zero-order chi connectivity index (χ0) is 14.2. The maximum Gasteiger partial charge on any atom is 0.416 e. The number of ether oxygens (including phenoxy) is 1. The Balaban J connectivity index is 2.35. The van der Waals surface area contributed by atoms with Gasteiger partial charge in [-0.3, -0.25) is 9.69 Å². The number of carbonyl (C=O) groups is 2. The number of hydrogen-bond acceptors (Lipinski definition) is 4. The molecule has 102 valence electrons. The summed E-state index contributed by atoms with van der Waals surface area (Å²) in [5, 5.41) is 0.238. The predicted octanol–water partition coefficient (Wildman–Crippen LogP) is 3.06. The summed E-state index contributed by atoms with van der Waals surface area (Å²) in [7, 11) is 0. The highest BCUT2D eigenvalue weighted by atomic mass is 35.5. The Kier molecular flexibility index (Phi) is 3.49. The van der Waals surface area contributed by atoms with Gasteiger partial charge in [0.1, 0.15) is 10.8 Å². The molecule has 5 nitrogen and oxygen atoms in total. The van der Waals surface area contributed by atoms with Crippen molar-refractivity contribution in [1.29, 1.82) is 0 Å². The number of nitrogens with zero attached hydrogens (tertiary/aromatic N) is 2. The van der Waals surface area contributed by atoms with Crippen LogP contribution in [0.25, 0.3) is 0 Å². The summed E-state index contributed by atoms with van der Waals surface area (Å²) in [6, 6.07) is 3.13. The van der Waals surface area contributed by atoms with Gasteiger partial charge < -0.3 is 4.74 Å². The molecule has 1 aromatic rings. The molecule has 0 atom stereocenters. The number of carbonyl (C=O) groups excluding carboxylic acids is 2. The maximum atomic E-state index is 12.1. The van der Waals surface area contributed by atoms with Crippen LogP contribution < -0.4 is 4.90 Å². The van der Waals surface area contributed by atoms with Gasteiger partial charge >= 0.3 is 6.09 Å². The van der Waals surface area contributed by atoms with Gasteiger partial charge in [0.15, 0.2) is 11.6 Å². The van der Waals surface area contributed by atoms with Crippen LogP contribution in [-0.2, 0) is 4.74 Å². The molecule has 0 saturated heterocycles. The summed E-state index contributed by atoms with van der Waals surface area (Å²) in [4.78, 5) is 29.3. The number of ketones is 1. The second kappa shape index (κ2) is 4.81. The highest BCUT2D eigenvalue weighted by Crippen LogP contribution is 2.28. The van der Waals surface area contributed by atoms with E-state index >= 15 is 0 Å². The van der Waals surface area contributed by atoms with Gasteiger partial charge in [0, 0.05) is 13.0 Å². The molecule has 6 heteroatoms. The molecule has 0 fully saturated rings. The molecule has 0 N–H and O–H groups in total. The molecule has 0 spiro atoms. The molecule has 1 aliphatic rings. The van der Waals surface area contributed by atoms with Crippen LogP contribution in [-0.4, -0.2) is 29.0 Å². The first-order valence-corrected chi connectivity index (χ1v) is 6.36. The number of Topliss-reactive ketones (excluding diaryl/α,β-unsaturated/α-hetero) is 1. The van der Waals surface area contributed by atoms with E-state index in [0.29, 0.717) is 5.56 Å². The van der Waals surface area contributed by atoms with E-state index in [-0.39, 0.29) is 29.7 Å². The van der Waals surface area contributed by atoms with Gasteiger partial charge in [-0.05, 0) is 32.9 Å². The van der Waals surface area contributed by atoms with Crippen molar-refractivity contribution in [1.82, 2.24) is 4.98 Å². The van der Waals surface area contributed by atoms with Crippen molar-refractivity contribution < 1.29 is 14.3 Å². The fourth-order valence-electron chi connectivity index (χ4n) is 1.80. The lowest BCUT2D eigenvalue weighted by Crippen LogP contribution is -2.41. The van der Waals surface area contributed by atoms with E-state index in [1.54, 1.807) is 26.8 Å². The smallest absolute Gasteiger partial charge is 0.416 e. The molecule has 1 aliphatic heterocycles. The molecule has 2 rings (SSSR count). The Morgan fingerprint density at radius 2 is 2.11 bits per heavy atom. The molecule has 0 saturated carbocycles. The van der Waals surface area contributed by atoms with Gasteiger partial charge in [-0.25, -0.2) is 9.78 Å². The van der Waals surface area contributed by atoms with Crippen molar-refractivity contribution in [2.24, 2.45) is 0 Å². The SMILES string of the molecule is CC(C)(C)OC(=O)N1CCC(=O)c2ccc(Cl)nc21. The van der Waals surface area contributed by atoms with Crippen molar-refractivity contribution in [3.63, 3.8) is 0 Å². The lowest BCUT2D eigenvalue weighted by atomic mass is 10.0. The largest absolute Gasteiger partial charge is 0.443 e. The Morgan fingerprint density at radius 3 is 2.74 bits per heavy atom. The lowest BCUT2D eigenvalue weighted by Gasteiger charge is -2.30. The standard InChI is InChI=1S/C13H15ClN2O3/c1-13(2,3)19-12(18)16-7-6-9(17)8-4-5-10(14)15-11(8)16/h4-5H,6-7H2,1-3H3. The van der Waals surface area contributed by atoms with Crippen LogP contribution in [0.1, 0.15) is 37.6 Å². The fraction of sp³-hybridized carbons (Fsp3) is 0.462. The molecule has 0 aromatic carbocycles. The second-order valence-corrected chi connectivity index (χ2v) is 5.70. The molecule has 0 aliphatic carbocycles. The Bertz CT molecular complexity index is 537. The summed E-state index contributed by atoms with van der Waals surface area (Å²) in [6.07, 6.45) is -0.258. The van der Waals surface area contributed by atoms with Crippen LogP contribution in [0.4, 0.5) is 10.6 Å². The minimum absolute atomic E-state index is 0.0426. The third-order valence-corrected chi connectivity index (χ3v) is 2.78. The van der Waals surface area contributed by atoms with Gasteiger partial charge in [-0.15, -0.1) is 0 Å². The highest BCUT2D eigenvalue weighted by Gasteiger charge is 2.31. The van der Waals surface area contributed by atoms with Crippen molar-refractivity contribution in [3.8, 4) is 0 Å². The van der Waals surface area contributed by atoms with E-state index in [2.05, 4.69) is 4.98 Å². The number of rotatable bonds is 0. The predicted molar refractivity (Wildman–Crippen MR) is 71.8 cm³/mol. The van der Waals surface area contributed by atoms with E-state index < -0.39 is 11.7 Å². The van der Waals surface area contributed by atoms with E-state index in [0.717, 1.165) is 0 Å². The van der Waals surface area contributed by atoms with E-state index in [9.17, 15) is 9.59 Å². The number of aromatic nitrogens is 1. The van der Waals surface area contributed by atoms with Crippen LogP contribution >= 0.6 is 11.6 Å². The third kappa shape index (κ3) is 3.04. The quantitative estimate of drug-likeness (QED) is 0.686. The summed E-state index contributed by atoms with van der Waals surface area (Å²) < 4.78 is 5.30. The fourth-order valence-corrected chi connectivity index (χ4v) is 1.94. The first-order valence-electron chi connectivity index (χ1n) is 5.98. The normalized spacial score (nSPS) is 15.2. The monoisotopic (exact) mass is 282 g/mol. The van der Waals surface area contributed by atoms with Gasteiger partial charge in [0.25, 0.3) is 0 Å². The average Bonchev–Trinajstić information content (AvgIpc) is 2.26. The minimum Gasteiger partial charge on any atom is -0.443 e. The van der Waals surface area contributed by atoms with Crippen LogP contribution in [0.3, 0.4) is 0 Å². The van der Waals surface area contributed by atoms with Crippen molar-refractivity contribution in [3.05, 3.63) is 22.8 Å². The van der Waals surface area contributed by atoms with E-state index in [4.69, 9.17) is 16.3 Å². The molecule has 1 amide bonds. The van der Waals surface area contributed by atoms with Gasteiger partial charge in [-0.1, -0.05) is 11.6 Å². The number of pyridine rings is 1. The molecular formula is C13H15ClN2O3. The van der Waals surface area contributed by atoms with Crippen LogP contribution in [0, 0.1) is 0 Å². The second-order valence-electron chi connectivity index (χ2n) is 5.31. The van der Waals surface area contributed by atoms with E-state index in [1.165, 1.54) is 11.0 Å². The molecule has 1 aromatic heterocycles. The summed E-state index contributed by atoms with van der Waals surface area (Å²) in [6.45, 7) is 5.61. The summed E-state index contributed by atoms with van der Waals surface area (Å²) in [5.41, 5.74) is -0.196. The zero-order valence-electron chi connectivity index (χ0n) is 11.1. The molecular weight excluding hydrogens is 268 g/mol. The van der Waals surface area contributed by atoms with Crippen LogP contribution in [0.2, 0.25) is 5.15 Å². The van der Waals surface area contributed by atoms with Crippen molar-refractivity contribution in [2.75, 3.05) is 11.4 Å². The third-order valence-electron chi connectivity index (χ3n) is 2.57. The van der Waals surface area contributed by atoms with Crippen molar-refractivity contribution in [2.45, 2.75) is 32.8 Å². The van der Waals surface area contributed by atoms with Gasteiger partial charge in [-0.2, -0.15) is 0 Å². The first-order chi connectivity index (χ1) is 8.78. The van der Waals surface area contributed by atoms with Crippen LogP contribution in [0.5, 0.6) is 0 Å². The number of anilines is 1. The van der Waals surface area contributed by atoms with Crippen LogP contribution in [0.15, 0.2) is 12.1 Å². The number of amides is 1. The first kappa shape index (κ1) is 13.8. The highest BCUT2D eigenvalue weighted by molar-refractivity contribution is 6.29. The van der Waals surface area contributed by atoms with E-state index in [1.807, 2.05) is 0 Å². The molecule has 0 unspecified atom stereocenters. The number of halogens is 1. The van der Waals surface area contributed by atoms with Crippen molar-refractivity contribution >= 4 is 29.3 Å². The minimum atomic E-state index is -0.600. The average molecular weight is 283 g/mol. The topological polar surface area (TPSA) is 59.5 Å². The Morgan fingerprint density at radius 1 is 1.42 bits per heavy atom.